The highest BCUT2D eigenvalue weighted by Crippen LogP contribution is 2.36. The minimum absolute atomic E-state index is 0.0415. The molecule has 0 aliphatic carbocycles. The lowest BCUT2D eigenvalue weighted by molar-refractivity contribution is -0.132. The topological polar surface area (TPSA) is 46.3 Å². The van der Waals surface area contributed by atoms with E-state index in [0.29, 0.717) is 30.5 Å². The van der Waals surface area contributed by atoms with Gasteiger partial charge < -0.3 is 9.32 Å². The van der Waals surface area contributed by atoms with Crippen molar-refractivity contribution in [2.75, 3.05) is 6.54 Å². The number of aromatic nitrogens is 1. The summed E-state index contributed by atoms with van der Waals surface area (Å²) in [5, 5.41) is 0. The van der Waals surface area contributed by atoms with Gasteiger partial charge in [-0.15, -0.1) is 0 Å². The van der Waals surface area contributed by atoms with Gasteiger partial charge in [0.25, 0.3) is 5.89 Å². The number of alkyl halides is 2. The van der Waals surface area contributed by atoms with Crippen LogP contribution in [0.3, 0.4) is 0 Å². The van der Waals surface area contributed by atoms with Gasteiger partial charge in [0.15, 0.2) is 5.58 Å². The fraction of sp³-hybridized carbons (Fsp3) is 0.500. The molecule has 1 fully saturated rings. The Morgan fingerprint density at radius 1 is 1.41 bits per heavy atom. The number of fused-ring (bicyclic) bond motifs is 1. The van der Waals surface area contributed by atoms with Gasteiger partial charge in [-0.25, -0.2) is 4.98 Å². The molecule has 2 aromatic rings. The first-order valence-corrected chi connectivity index (χ1v) is 7.54. The summed E-state index contributed by atoms with van der Waals surface area (Å²) in [6.07, 6.45) is 1.22. The lowest BCUT2D eigenvalue weighted by atomic mass is 10.0. The van der Waals surface area contributed by atoms with Crippen LogP contribution in [0.25, 0.3) is 11.1 Å². The Morgan fingerprint density at radius 3 is 2.82 bits per heavy atom. The summed E-state index contributed by atoms with van der Waals surface area (Å²) >= 11 is 0. The third-order valence-electron chi connectivity index (χ3n) is 4.12. The second kappa shape index (κ2) is 5.66. The number of hydrogen-bond donors (Lipinski definition) is 0. The summed E-state index contributed by atoms with van der Waals surface area (Å²) in [7, 11) is 0. The maximum Gasteiger partial charge on any atom is 0.324 e. The Labute approximate surface area is 127 Å². The molecule has 2 heterocycles. The molecule has 6 heteroatoms. The SMILES string of the molecule is CCC(CC(F)(F)c1nc2ccccc2o1)N1CCCC1=O. The molecule has 0 saturated carbocycles. The number of oxazole rings is 1. The van der Waals surface area contributed by atoms with Crippen molar-refractivity contribution in [1.82, 2.24) is 9.88 Å². The Morgan fingerprint density at radius 2 is 2.18 bits per heavy atom. The Hall–Kier alpha value is -1.98. The number of likely N-dealkylation sites (tertiary alicyclic amines) is 1. The number of halogens is 2. The fourth-order valence-electron chi connectivity index (χ4n) is 2.94. The van der Waals surface area contributed by atoms with E-state index in [1.54, 1.807) is 29.2 Å². The first-order valence-electron chi connectivity index (χ1n) is 7.54. The highest BCUT2D eigenvalue weighted by molar-refractivity contribution is 5.78. The van der Waals surface area contributed by atoms with Crippen molar-refractivity contribution in [3.8, 4) is 0 Å². The molecular formula is C16H18F2N2O2. The summed E-state index contributed by atoms with van der Waals surface area (Å²) in [6, 6.07) is 6.21. The molecule has 22 heavy (non-hydrogen) atoms. The number of para-hydroxylation sites is 2. The average Bonchev–Trinajstić information content (AvgIpc) is 3.11. The molecule has 0 N–H and O–H groups in total. The summed E-state index contributed by atoms with van der Waals surface area (Å²) in [5.74, 6) is -3.80. The quantitative estimate of drug-likeness (QED) is 0.846. The van der Waals surface area contributed by atoms with Gasteiger partial charge in [0.1, 0.15) is 5.52 Å². The Bertz CT molecular complexity index is 651. The van der Waals surface area contributed by atoms with Crippen LogP contribution in [0.15, 0.2) is 28.7 Å². The Balaban J connectivity index is 1.83. The molecule has 1 aliphatic rings. The molecule has 1 atom stereocenters. The van der Waals surface area contributed by atoms with Crippen LogP contribution in [0.5, 0.6) is 0 Å². The second-order valence-corrected chi connectivity index (χ2v) is 5.65. The Kier molecular flexibility index (Phi) is 3.85. The molecule has 1 aliphatic heterocycles. The van der Waals surface area contributed by atoms with Crippen molar-refractivity contribution in [3.05, 3.63) is 30.2 Å². The van der Waals surface area contributed by atoms with E-state index >= 15 is 0 Å². The summed E-state index contributed by atoms with van der Waals surface area (Å²) in [6.45, 7) is 2.37. The third-order valence-corrected chi connectivity index (χ3v) is 4.12. The number of hydrogen-bond acceptors (Lipinski definition) is 3. The fourth-order valence-corrected chi connectivity index (χ4v) is 2.94. The van der Waals surface area contributed by atoms with E-state index in [2.05, 4.69) is 4.98 Å². The van der Waals surface area contributed by atoms with Crippen LogP contribution in [0.4, 0.5) is 8.78 Å². The van der Waals surface area contributed by atoms with Crippen molar-refractivity contribution in [2.45, 2.75) is 44.6 Å². The largest absolute Gasteiger partial charge is 0.435 e. The van der Waals surface area contributed by atoms with E-state index in [4.69, 9.17) is 4.42 Å². The van der Waals surface area contributed by atoms with E-state index in [-0.39, 0.29) is 5.91 Å². The van der Waals surface area contributed by atoms with E-state index in [0.717, 1.165) is 6.42 Å². The monoisotopic (exact) mass is 308 g/mol. The lowest BCUT2D eigenvalue weighted by Gasteiger charge is -2.29. The van der Waals surface area contributed by atoms with Crippen LogP contribution in [0, 0.1) is 0 Å². The van der Waals surface area contributed by atoms with Crippen LogP contribution in [-0.2, 0) is 10.7 Å². The van der Waals surface area contributed by atoms with Gasteiger partial charge in [-0.1, -0.05) is 19.1 Å². The standard InChI is InChI=1S/C16H18F2N2O2/c1-2-11(20-9-5-8-14(20)21)10-16(17,18)15-19-12-6-3-4-7-13(12)22-15/h3-4,6-7,11H,2,5,8-10H2,1H3. The van der Waals surface area contributed by atoms with E-state index in [9.17, 15) is 13.6 Å². The van der Waals surface area contributed by atoms with Crippen LogP contribution >= 0.6 is 0 Å². The first kappa shape index (κ1) is 14.9. The number of nitrogens with zero attached hydrogens (tertiary/aromatic N) is 2. The number of carbonyl (C=O) groups excluding carboxylic acids is 1. The van der Waals surface area contributed by atoms with Crippen LogP contribution < -0.4 is 0 Å². The smallest absolute Gasteiger partial charge is 0.324 e. The molecule has 1 aromatic heterocycles. The predicted octanol–water partition coefficient (Wildman–Crippen LogP) is 3.71. The van der Waals surface area contributed by atoms with E-state index in [1.807, 2.05) is 6.92 Å². The minimum atomic E-state index is -3.19. The second-order valence-electron chi connectivity index (χ2n) is 5.65. The normalized spacial score (nSPS) is 17.4. The predicted molar refractivity (Wildman–Crippen MR) is 77.5 cm³/mol. The summed E-state index contributed by atoms with van der Waals surface area (Å²) in [5.41, 5.74) is 0.768. The van der Waals surface area contributed by atoms with Crippen molar-refractivity contribution < 1.29 is 18.0 Å². The highest BCUT2D eigenvalue weighted by Gasteiger charge is 2.42. The van der Waals surface area contributed by atoms with E-state index in [1.165, 1.54) is 0 Å². The van der Waals surface area contributed by atoms with Crippen molar-refractivity contribution >= 4 is 17.0 Å². The molecule has 0 bridgehead atoms. The zero-order valence-electron chi connectivity index (χ0n) is 12.4. The van der Waals surface area contributed by atoms with Gasteiger partial charge in [-0.3, -0.25) is 4.79 Å². The zero-order valence-corrected chi connectivity index (χ0v) is 12.4. The van der Waals surface area contributed by atoms with E-state index < -0.39 is 24.3 Å². The van der Waals surface area contributed by atoms with Crippen molar-refractivity contribution in [1.29, 1.82) is 0 Å². The number of benzene rings is 1. The molecule has 1 amide bonds. The number of amides is 1. The maximum atomic E-state index is 14.5. The van der Waals surface area contributed by atoms with Gasteiger partial charge >= 0.3 is 5.92 Å². The first-order chi connectivity index (χ1) is 10.5. The molecular weight excluding hydrogens is 290 g/mol. The summed E-state index contributed by atoms with van der Waals surface area (Å²) in [4.78, 5) is 17.2. The van der Waals surface area contributed by atoms with Gasteiger partial charge in [-0.05, 0) is 25.0 Å². The molecule has 0 radical (unpaired) electrons. The minimum Gasteiger partial charge on any atom is -0.435 e. The molecule has 1 aromatic carbocycles. The van der Waals surface area contributed by atoms with Gasteiger partial charge in [-0.2, -0.15) is 8.78 Å². The van der Waals surface area contributed by atoms with Crippen LogP contribution in [0.2, 0.25) is 0 Å². The van der Waals surface area contributed by atoms with Crippen LogP contribution in [0.1, 0.15) is 38.5 Å². The van der Waals surface area contributed by atoms with Gasteiger partial charge in [0.05, 0.1) is 0 Å². The zero-order chi connectivity index (χ0) is 15.7. The van der Waals surface area contributed by atoms with Gasteiger partial charge in [0.2, 0.25) is 5.91 Å². The number of carbonyl (C=O) groups is 1. The maximum absolute atomic E-state index is 14.5. The van der Waals surface area contributed by atoms with Crippen LogP contribution in [-0.4, -0.2) is 28.4 Å². The average molecular weight is 308 g/mol. The molecule has 118 valence electrons. The molecule has 0 spiro atoms. The highest BCUT2D eigenvalue weighted by atomic mass is 19.3. The summed E-state index contributed by atoms with van der Waals surface area (Å²) < 4.78 is 34.2. The van der Waals surface area contributed by atoms with Gasteiger partial charge in [0, 0.05) is 25.4 Å². The van der Waals surface area contributed by atoms with Crippen molar-refractivity contribution in [2.24, 2.45) is 0 Å². The van der Waals surface area contributed by atoms with Crippen molar-refractivity contribution in [3.63, 3.8) is 0 Å². The molecule has 3 rings (SSSR count). The molecule has 4 nitrogen and oxygen atoms in total. The third kappa shape index (κ3) is 2.69. The number of rotatable bonds is 5. The molecule has 1 saturated heterocycles. The molecule has 1 unspecified atom stereocenters. The lowest BCUT2D eigenvalue weighted by Crippen LogP contribution is -2.39.